The van der Waals surface area contributed by atoms with Gasteiger partial charge in [-0.15, -0.1) is 0 Å². The summed E-state index contributed by atoms with van der Waals surface area (Å²) in [5.74, 6) is 1.53. The van der Waals surface area contributed by atoms with Crippen molar-refractivity contribution in [2.24, 2.45) is 0 Å². The first-order valence-electron chi connectivity index (χ1n) is 9.48. The van der Waals surface area contributed by atoms with Crippen molar-refractivity contribution in [3.63, 3.8) is 0 Å². The average Bonchev–Trinajstić information content (AvgIpc) is 2.68. The van der Waals surface area contributed by atoms with E-state index in [0.29, 0.717) is 13.2 Å². The molecule has 1 amide bonds. The fourth-order valence-electron chi connectivity index (χ4n) is 3.25. The number of hydrogen-bond acceptors (Lipinski definition) is 4. The molecule has 0 aliphatic carbocycles. The topological polar surface area (TPSA) is 50.8 Å². The SMILES string of the molecule is CCN(CC1COc2ccccc2O1)C(C)C(=O)Nc1cc(C)ccc1C. The monoisotopic (exact) mass is 368 g/mol. The zero-order chi connectivity index (χ0) is 19.4. The summed E-state index contributed by atoms with van der Waals surface area (Å²) >= 11 is 0. The molecule has 0 bridgehead atoms. The van der Waals surface area contributed by atoms with Crippen LogP contribution < -0.4 is 14.8 Å². The number of amides is 1. The molecule has 1 aliphatic rings. The number of carbonyl (C=O) groups excluding carboxylic acids is 1. The number of ether oxygens (including phenoxy) is 2. The summed E-state index contributed by atoms with van der Waals surface area (Å²) in [7, 11) is 0. The fraction of sp³-hybridized carbons (Fsp3) is 0.409. The van der Waals surface area contributed by atoms with E-state index in [1.807, 2.05) is 63.2 Å². The molecule has 5 nitrogen and oxygen atoms in total. The van der Waals surface area contributed by atoms with E-state index >= 15 is 0 Å². The molecule has 0 aromatic heterocycles. The molecule has 3 rings (SSSR count). The Morgan fingerprint density at radius 3 is 2.70 bits per heavy atom. The normalized spacial score (nSPS) is 16.9. The molecule has 2 atom stereocenters. The number of carbonyl (C=O) groups is 1. The maximum Gasteiger partial charge on any atom is 0.241 e. The molecule has 144 valence electrons. The number of fused-ring (bicyclic) bond motifs is 1. The average molecular weight is 368 g/mol. The van der Waals surface area contributed by atoms with Gasteiger partial charge in [-0.25, -0.2) is 0 Å². The van der Waals surface area contributed by atoms with Crippen LogP contribution in [0, 0.1) is 13.8 Å². The Morgan fingerprint density at radius 1 is 1.22 bits per heavy atom. The predicted molar refractivity (Wildman–Crippen MR) is 108 cm³/mol. The predicted octanol–water partition coefficient (Wildman–Crippen LogP) is 3.79. The van der Waals surface area contributed by atoms with Crippen LogP contribution in [0.4, 0.5) is 5.69 Å². The Hall–Kier alpha value is -2.53. The number of nitrogens with one attached hydrogen (secondary N) is 1. The Morgan fingerprint density at radius 2 is 1.96 bits per heavy atom. The number of benzene rings is 2. The molecule has 0 radical (unpaired) electrons. The summed E-state index contributed by atoms with van der Waals surface area (Å²) in [6.45, 7) is 9.88. The smallest absolute Gasteiger partial charge is 0.241 e. The van der Waals surface area contributed by atoms with Gasteiger partial charge in [0.15, 0.2) is 11.5 Å². The van der Waals surface area contributed by atoms with Crippen molar-refractivity contribution in [2.45, 2.75) is 39.8 Å². The van der Waals surface area contributed by atoms with Gasteiger partial charge in [-0.3, -0.25) is 9.69 Å². The second-order valence-electron chi connectivity index (χ2n) is 7.07. The van der Waals surface area contributed by atoms with Crippen LogP contribution in [0.2, 0.25) is 0 Å². The molecule has 0 spiro atoms. The first kappa shape index (κ1) is 19.2. The van der Waals surface area contributed by atoms with Gasteiger partial charge >= 0.3 is 0 Å². The van der Waals surface area contributed by atoms with Crippen LogP contribution in [0.3, 0.4) is 0 Å². The number of rotatable bonds is 6. The Labute approximate surface area is 161 Å². The van der Waals surface area contributed by atoms with Crippen molar-refractivity contribution in [2.75, 3.05) is 25.0 Å². The number of anilines is 1. The second kappa shape index (κ2) is 8.44. The quantitative estimate of drug-likeness (QED) is 0.843. The van der Waals surface area contributed by atoms with Gasteiger partial charge in [0.1, 0.15) is 12.7 Å². The molecular formula is C22H28N2O3. The fourth-order valence-corrected chi connectivity index (χ4v) is 3.25. The molecule has 2 aromatic rings. The van der Waals surface area contributed by atoms with E-state index < -0.39 is 0 Å². The highest BCUT2D eigenvalue weighted by Crippen LogP contribution is 2.31. The van der Waals surface area contributed by atoms with Crippen LogP contribution in [0.5, 0.6) is 11.5 Å². The van der Waals surface area contributed by atoms with E-state index in [0.717, 1.165) is 34.9 Å². The van der Waals surface area contributed by atoms with Gasteiger partial charge in [-0.1, -0.05) is 31.2 Å². The van der Waals surface area contributed by atoms with Crippen molar-refractivity contribution < 1.29 is 14.3 Å². The van der Waals surface area contributed by atoms with Crippen molar-refractivity contribution in [1.29, 1.82) is 0 Å². The highest BCUT2D eigenvalue weighted by atomic mass is 16.6. The van der Waals surface area contributed by atoms with E-state index in [9.17, 15) is 4.79 Å². The molecular weight excluding hydrogens is 340 g/mol. The highest BCUT2D eigenvalue weighted by Gasteiger charge is 2.27. The summed E-state index contributed by atoms with van der Waals surface area (Å²) in [4.78, 5) is 14.9. The minimum atomic E-state index is -0.268. The number of nitrogens with zero attached hydrogens (tertiary/aromatic N) is 1. The molecule has 5 heteroatoms. The number of hydrogen-bond donors (Lipinski definition) is 1. The maximum atomic E-state index is 12.8. The molecule has 1 N–H and O–H groups in total. The minimum Gasteiger partial charge on any atom is -0.486 e. The van der Waals surface area contributed by atoms with Gasteiger partial charge in [-0.2, -0.15) is 0 Å². The number of likely N-dealkylation sites (N-methyl/N-ethyl adjacent to an activating group) is 1. The lowest BCUT2D eigenvalue weighted by molar-refractivity contribution is -0.121. The Balaban J connectivity index is 1.63. The Kier molecular flexibility index (Phi) is 6.01. The van der Waals surface area contributed by atoms with Gasteiger partial charge in [0, 0.05) is 12.2 Å². The number of para-hydroxylation sites is 2. The first-order valence-corrected chi connectivity index (χ1v) is 9.48. The number of aryl methyl sites for hydroxylation is 2. The third-order valence-corrected chi connectivity index (χ3v) is 4.99. The zero-order valence-corrected chi connectivity index (χ0v) is 16.5. The van der Waals surface area contributed by atoms with Gasteiger partial charge in [0.2, 0.25) is 5.91 Å². The lowest BCUT2D eigenvalue weighted by Crippen LogP contribution is -2.48. The summed E-state index contributed by atoms with van der Waals surface area (Å²) in [5, 5.41) is 3.07. The summed E-state index contributed by atoms with van der Waals surface area (Å²) in [6.07, 6.45) is -0.101. The molecule has 0 fully saturated rings. The zero-order valence-electron chi connectivity index (χ0n) is 16.5. The van der Waals surface area contributed by atoms with Crippen LogP contribution in [0.15, 0.2) is 42.5 Å². The largest absolute Gasteiger partial charge is 0.486 e. The molecule has 1 aliphatic heterocycles. The van der Waals surface area contributed by atoms with E-state index in [-0.39, 0.29) is 18.1 Å². The molecule has 0 saturated carbocycles. The van der Waals surface area contributed by atoms with Crippen molar-refractivity contribution in [3.05, 3.63) is 53.6 Å². The van der Waals surface area contributed by atoms with Crippen molar-refractivity contribution in [3.8, 4) is 11.5 Å². The molecule has 1 heterocycles. The van der Waals surface area contributed by atoms with Crippen LogP contribution in [-0.4, -0.2) is 42.6 Å². The summed E-state index contributed by atoms with van der Waals surface area (Å²) in [6, 6.07) is 13.5. The second-order valence-corrected chi connectivity index (χ2v) is 7.07. The molecule has 0 saturated heterocycles. The lowest BCUT2D eigenvalue weighted by atomic mass is 10.1. The lowest BCUT2D eigenvalue weighted by Gasteiger charge is -2.33. The minimum absolute atomic E-state index is 0.0114. The summed E-state index contributed by atoms with van der Waals surface area (Å²) < 4.78 is 11.8. The standard InChI is InChI=1S/C22H28N2O3/c1-5-24(13-18-14-26-20-8-6-7-9-21(20)27-18)17(4)22(25)23-19-12-15(2)10-11-16(19)3/h6-12,17-18H,5,13-14H2,1-4H3,(H,23,25). The van der Waals surface area contributed by atoms with Gasteiger partial charge in [-0.05, 0) is 56.6 Å². The third-order valence-electron chi connectivity index (χ3n) is 4.99. The van der Waals surface area contributed by atoms with E-state index in [1.165, 1.54) is 0 Å². The van der Waals surface area contributed by atoms with Crippen molar-refractivity contribution in [1.82, 2.24) is 4.90 Å². The molecule has 27 heavy (non-hydrogen) atoms. The van der Waals surface area contributed by atoms with E-state index in [1.54, 1.807) is 0 Å². The highest BCUT2D eigenvalue weighted by molar-refractivity contribution is 5.95. The van der Waals surface area contributed by atoms with Gasteiger partial charge in [0.05, 0.1) is 6.04 Å². The molecule has 2 aromatic carbocycles. The van der Waals surface area contributed by atoms with E-state index in [4.69, 9.17) is 9.47 Å². The Bertz CT molecular complexity index is 806. The van der Waals surface area contributed by atoms with Gasteiger partial charge < -0.3 is 14.8 Å². The van der Waals surface area contributed by atoms with Crippen LogP contribution in [-0.2, 0) is 4.79 Å². The van der Waals surface area contributed by atoms with Crippen molar-refractivity contribution >= 4 is 11.6 Å². The van der Waals surface area contributed by atoms with Crippen LogP contribution >= 0.6 is 0 Å². The molecule has 2 unspecified atom stereocenters. The van der Waals surface area contributed by atoms with Gasteiger partial charge in [0.25, 0.3) is 0 Å². The van der Waals surface area contributed by atoms with E-state index in [2.05, 4.69) is 17.1 Å². The summed E-state index contributed by atoms with van der Waals surface area (Å²) in [5.41, 5.74) is 3.06. The third kappa shape index (κ3) is 4.61. The first-order chi connectivity index (χ1) is 13.0. The van der Waals surface area contributed by atoms with Crippen LogP contribution in [0.25, 0.3) is 0 Å². The maximum absolute atomic E-state index is 12.8. The van der Waals surface area contributed by atoms with Crippen LogP contribution in [0.1, 0.15) is 25.0 Å².